The Labute approximate surface area is 119 Å². The zero-order valence-corrected chi connectivity index (χ0v) is 11.8. The second-order valence-electron chi connectivity index (χ2n) is 4.00. The first-order valence-electron chi connectivity index (χ1n) is 5.38. The fraction of sp³-hybridized carbons (Fsp3) is 0.0714. The summed E-state index contributed by atoms with van der Waals surface area (Å²) in [5.74, 6) is 0.0327. The van der Waals surface area contributed by atoms with Crippen molar-refractivity contribution in [3.8, 4) is 0 Å². The molecule has 2 rings (SSSR count). The van der Waals surface area contributed by atoms with E-state index >= 15 is 0 Å². The SMILES string of the molecule is Nc1cc(Br)cc(C(=O)Cc2ccc(Cl)cc2)c1. The maximum Gasteiger partial charge on any atom is 0.167 e. The van der Waals surface area contributed by atoms with Gasteiger partial charge in [0.2, 0.25) is 0 Å². The molecule has 0 heterocycles. The number of hydrogen-bond acceptors (Lipinski definition) is 2. The van der Waals surface area contributed by atoms with Gasteiger partial charge in [-0.3, -0.25) is 4.79 Å². The molecular formula is C14H11BrClNO. The smallest absolute Gasteiger partial charge is 0.167 e. The Hall–Kier alpha value is -1.32. The average molecular weight is 325 g/mol. The predicted octanol–water partition coefficient (Wildman–Crippen LogP) is 4.11. The number of nitrogen functional groups attached to an aromatic ring is 1. The van der Waals surface area contributed by atoms with Crippen LogP contribution in [-0.2, 0) is 6.42 Å². The van der Waals surface area contributed by atoms with Gasteiger partial charge in [0.1, 0.15) is 0 Å². The molecule has 0 saturated carbocycles. The van der Waals surface area contributed by atoms with Gasteiger partial charge >= 0.3 is 0 Å². The summed E-state index contributed by atoms with van der Waals surface area (Å²) in [6.07, 6.45) is 0.340. The zero-order chi connectivity index (χ0) is 13.1. The van der Waals surface area contributed by atoms with Crippen molar-refractivity contribution in [3.05, 3.63) is 63.1 Å². The van der Waals surface area contributed by atoms with E-state index in [0.717, 1.165) is 10.0 Å². The summed E-state index contributed by atoms with van der Waals surface area (Å²) >= 11 is 9.13. The van der Waals surface area contributed by atoms with Crippen molar-refractivity contribution in [2.75, 3.05) is 5.73 Å². The molecule has 0 atom stereocenters. The predicted molar refractivity (Wildman–Crippen MR) is 78.0 cm³/mol. The first-order valence-corrected chi connectivity index (χ1v) is 6.55. The summed E-state index contributed by atoms with van der Waals surface area (Å²) in [6, 6.07) is 12.5. The van der Waals surface area contributed by atoms with Crippen molar-refractivity contribution in [3.63, 3.8) is 0 Å². The molecular weight excluding hydrogens is 314 g/mol. The second-order valence-corrected chi connectivity index (χ2v) is 5.35. The molecule has 0 aromatic heterocycles. The second kappa shape index (κ2) is 5.55. The normalized spacial score (nSPS) is 10.3. The van der Waals surface area contributed by atoms with Gasteiger partial charge in [-0.1, -0.05) is 39.7 Å². The van der Waals surface area contributed by atoms with Crippen molar-refractivity contribution < 1.29 is 4.79 Å². The molecule has 2 nitrogen and oxygen atoms in total. The highest BCUT2D eigenvalue weighted by Crippen LogP contribution is 2.19. The topological polar surface area (TPSA) is 43.1 Å². The number of Topliss-reactive ketones (excluding diaryl/α,β-unsaturated/α-hetero) is 1. The van der Waals surface area contributed by atoms with E-state index in [2.05, 4.69) is 15.9 Å². The van der Waals surface area contributed by atoms with Crippen LogP contribution in [0, 0.1) is 0 Å². The first-order chi connectivity index (χ1) is 8.54. The van der Waals surface area contributed by atoms with Crippen molar-refractivity contribution in [1.82, 2.24) is 0 Å². The van der Waals surface area contributed by atoms with Crippen LogP contribution in [0.2, 0.25) is 5.02 Å². The number of ketones is 1. The molecule has 2 N–H and O–H groups in total. The van der Waals surface area contributed by atoms with Crippen molar-refractivity contribution in [2.24, 2.45) is 0 Å². The summed E-state index contributed by atoms with van der Waals surface area (Å²) in [7, 11) is 0. The highest BCUT2D eigenvalue weighted by Gasteiger charge is 2.08. The minimum absolute atomic E-state index is 0.0327. The Morgan fingerprint density at radius 2 is 1.83 bits per heavy atom. The van der Waals surface area contributed by atoms with E-state index in [-0.39, 0.29) is 5.78 Å². The van der Waals surface area contributed by atoms with Crippen molar-refractivity contribution >= 4 is 39.0 Å². The maximum absolute atomic E-state index is 12.1. The molecule has 0 spiro atoms. The molecule has 4 heteroatoms. The molecule has 0 radical (unpaired) electrons. The van der Waals surface area contributed by atoms with E-state index in [9.17, 15) is 4.79 Å². The van der Waals surface area contributed by atoms with Crippen LogP contribution in [0.15, 0.2) is 46.9 Å². The lowest BCUT2D eigenvalue weighted by atomic mass is 10.0. The van der Waals surface area contributed by atoms with Crippen LogP contribution in [0.5, 0.6) is 0 Å². The van der Waals surface area contributed by atoms with E-state index in [1.165, 1.54) is 0 Å². The molecule has 0 amide bonds. The molecule has 0 fully saturated rings. The minimum Gasteiger partial charge on any atom is -0.399 e. The van der Waals surface area contributed by atoms with Crippen LogP contribution in [0.25, 0.3) is 0 Å². The molecule has 0 aliphatic rings. The minimum atomic E-state index is 0.0327. The van der Waals surface area contributed by atoms with Gasteiger partial charge in [-0.25, -0.2) is 0 Å². The van der Waals surface area contributed by atoms with Crippen LogP contribution in [0.1, 0.15) is 15.9 Å². The number of hydrogen-bond donors (Lipinski definition) is 1. The molecule has 18 heavy (non-hydrogen) atoms. The van der Waals surface area contributed by atoms with Crippen LogP contribution < -0.4 is 5.73 Å². The van der Waals surface area contributed by atoms with Gasteiger partial charge in [-0.05, 0) is 35.9 Å². The fourth-order valence-electron chi connectivity index (χ4n) is 1.66. The standard InChI is InChI=1S/C14H11BrClNO/c15-11-6-10(7-13(17)8-11)14(18)5-9-1-3-12(16)4-2-9/h1-4,6-8H,5,17H2. The van der Waals surface area contributed by atoms with Gasteiger partial charge in [0.05, 0.1) is 0 Å². The third-order valence-corrected chi connectivity index (χ3v) is 3.23. The Bertz CT molecular complexity index is 561. The average Bonchev–Trinajstić information content (AvgIpc) is 2.31. The third-order valence-electron chi connectivity index (χ3n) is 2.52. The van der Waals surface area contributed by atoms with Crippen LogP contribution in [0.3, 0.4) is 0 Å². The zero-order valence-electron chi connectivity index (χ0n) is 9.49. The van der Waals surface area contributed by atoms with E-state index < -0.39 is 0 Å². The van der Waals surface area contributed by atoms with Gasteiger partial charge in [0.15, 0.2) is 5.78 Å². The lowest BCUT2D eigenvalue weighted by molar-refractivity contribution is 0.0993. The van der Waals surface area contributed by atoms with E-state index in [1.807, 2.05) is 12.1 Å². The largest absolute Gasteiger partial charge is 0.399 e. The monoisotopic (exact) mass is 323 g/mol. The van der Waals surface area contributed by atoms with Crippen molar-refractivity contribution in [1.29, 1.82) is 0 Å². The molecule has 0 bridgehead atoms. The maximum atomic E-state index is 12.1. The van der Waals surface area contributed by atoms with E-state index in [0.29, 0.717) is 22.7 Å². The fourth-order valence-corrected chi connectivity index (χ4v) is 2.30. The molecule has 0 saturated heterocycles. The number of halogens is 2. The van der Waals surface area contributed by atoms with Crippen LogP contribution >= 0.6 is 27.5 Å². The lowest BCUT2D eigenvalue weighted by Gasteiger charge is -2.04. The summed E-state index contributed by atoms with van der Waals surface area (Å²) < 4.78 is 0.807. The van der Waals surface area contributed by atoms with Crippen LogP contribution in [-0.4, -0.2) is 5.78 Å². The number of rotatable bonds is 3. The van der Waals surface area contributed by atoms with E-state index in [1.54, 1.807) is 30.3 Å². The Morgan fingerprint density at radius 1 is 1.17 bits per heavy atom. The Balaban J connectivity index is 2.19. The summed E-state index contributed by atoms with van der Waals surface area (Å²) in [5.41, 5.74) is 7.83. The first kappa shape index (κ1) is 13.1. The number of anilines is 1. The van der Waals surface area contributed by atoms with Crippen molar-refractivity contribution in [2.45, 2.75) is 6.42 Å². The molecule has 0 aliphatic heterocycles. The molecule has 2 aromatic rings. The van der Waals surface area contributed by atoms with Gasteiger partial charge < -0.3 is 5.73 Å². The quantitative estimate of drug-likeness (QED) is 0.682. The molecule has 0 unspecified atom stereocenters. The van der Waals surface area contributed by atoms with Gasteiger partial charge in [-0.15, -0.1) is 0 Å². The Kier molecular flexibility index (Phi) is 4.04. The summed E-state index contributed by atoms with van der Waals surface area (Å²) in [6.45, 7) is 0. The number of nitrogens with two attached hydrogens (primary N) is 1. The number of carbonyl (C=O) groups excluding carboxylic acids is 1. The number of carbonyl (C=O) groups is 1. The van der Waals surface area contributed by atoms with Gasteiger partial charge in [-0.2, -0.15) is 0 Å². The lowest BCUT2D eigenvalue weighted by Crippen LogP contribution is -2.04. The van der Waals surface area contributed by atoms with Gasteiger partial charge in [0, 0.05) is 27.2 Å². The summed E-state index contributed by atoms with van der Waals surface area (Å²) in [5, 5.41) is 0.665. The highest BCUT2D eigenvalue weighted by molar-refractivity contribution is 9.10. The molecule has 92 valence electrons. The highest BCUT2D eigenvalue weighted by atomic mass is 79.9. The number of benzene rings is 2. The summed E-state index contributed by atoms with van der Waals surface area (Å²) in [4.78, 5) is 12.1. The molecule has 0 aliphatic carbocycles. The van der Waals surface area contributed by atoms with Gasteiger partial charge in [0.25, 0.3) is 0 Å². The molecule has 2 aromatic carbocycles. The Morgan fingerprint density at radius 3 is 2.44 bits per heavy atom. The van der Waals surface area contributed by atoms with E-state index in [4.69, 9.17) is 17.3 Å². The van der Waals surface area contributed by atoms with Crippen LogP contribution in [0.4, 0.5) is 5.69 Å². The third kappa shape index (κ3) is 3.34.